The van der Waals surface area contributed by atoms with E-state index in [0.29, 0.717) is 5.41 Å². The van der Waals surface area contributed by atoms with Gasteiger partial charge < -0.3 is 15.2 Å². The maximum atomic E-state index is 13.3. The molecule has 4 rings (SSSR count). The molecule has 2 heterocycles. The number of hydrogen-bond acceptors (Lipinski definition) is 1. The summed E-state index contributed by atoms with van der Waals surface area (Å²) in [6.07, 6.45) is 8.33. The zero-order chi connectivity index (χ0) is 16.6. The van der Waals surface area contributed by atoms with Crippen molar-refractivity contribution in [2.24, 2.45) is 10.4 Å². The number of hydrogen-bond donors (Lipinski definition) is 2. The molecule has 0 radical (unpaired) electrons. The van der Waals surface area contributed by atoms with Crippen molar-refractivity contribution in [3.8, 4) is 0 Å². The maximum absolute atomic E-state index is 13.3. The lowest BCUT2D eigenvalue weighted by molar-refractivity contribution is 0.151. The average Bonchev–Trinajstić information content (AvgIpc) is 3.16. The van der Waals surface area contributed by atoms with Crippen molar-refractivity contribution in [3.05, 3.63) is 35.8 Å². The molecular weight excluding hydrogens is 303 g/mol. The van der Waals surface area contributed by atoms with Gasteiger partial charge in [0.1, 0.15) is 5.82 Å². The molecule has 0 unspecified atom stereocenters. The summed E-state index contributed by atoms with van der Waals surface area (Å²) >= 11 is 0. The molecule has 1 spiro atoms. The van der Waals surface area contributed by atoms with Crippen LogP contribution in [0.3, 0.4) is 0 Å². The summed E-state index contributed by atoms with van der Waals surface area (Å²) in [4.78, 5) is 10.0. The van der Waals surface area contributed by atoms with Crippen LogP contribution in [0.1, 0.15) is 31.2 Å². The first-order chi connectivity index (χ1) is 11.7. The Labute approximate surface area is 142 Å². The first-order valence-electron chi connectivity index (χ1n) is 8.90. The number of aromatic nitrogens is 1. The topological polar surface area (TPSA) is 43.4 Å². The summed E-state index contributed by atoms with van der Waals surface area (Å²) in [6.45, 7) is 3.10. The van der Waals surface area contributed by atoms with Gasteiger partial charge in [-0.1, -0.05) is 6.42 Å². The number of benzene rings is 1. The van der Waals surface area contributed by atoms with Gasteiger partial charge in [0.05, 0.1) is 0 Å². The minimum Gasteiger partial charge on any atom is -0.361 e. The van der Waals surface area contributed by atoms with Crippen molar-refractivity contribution < 1.29 is 4.39 Å². The van der Waals surface area contributed by atoms with Crippen LogP contribution in [-0.2, 0) is 6.42 Å². The van der Waals surface area contributed by atoms with E-state index in [9.17, 15) is 4.39 Å². The van der Waals surface area contributed by atoms with Crippen LogP contribution in [0.4, 0.5) is 4.39 Å². The lowest BCUT2D eigenvalue weighted by Gasteiger charge is -2.38. The highest BCUT2D eigenvalue weighted by Gasteiger charge is 2.43. The molecule has 1 saturated heterocycles. The Morgan fingerprint density at radius 1 is 1.38 bits per heavy atom. The summed E-state index contributed by atoms with van der Waals surface area (Å²) < 4.78 is 13.3. The van der Waals surface area contributed by atoms with E-state index < -0.39 is 0 Å². The highest BCUT2D eigenvalue weighted by Crippen LogP contribution is 2.47. The number of likely N-dealkylation sites (tertiary alicyclic amines) is 1. The second kappa shape index (κ2) is 6.11. The molecule has 4 nitrogen and oxygen atoms in total. The van der Waals surface area contributed by atoms with E-state index in [4.69, 9.17) is 0 Å². The molecule has 1 saturated carbocycles. The van der Waals surface area contributed by atoms with Gasteiger partial charge in [-0.25, -0.2) is 4.39 Å². The molecule has 2 N–H and O–H groups in total. The fourth-order valence-electron chi connectivity index (χ4n) is 4.21. The number of nitrogens with one attached hydrogen (secondary N) is 2. The number of rotatable bonds is 3. The maximum Gasteiger partial charge on any atom is 0.193 e. The van der Waals surface area contributed by atoms with Gasteiger partial charge in [0.2, 0.25) is 0 Å². The number of guanidine groups is 1. The number of nitrogens with zero attached hydrogens (tertiary/aromatic N) is 2. The molecule has 128 valence electrons. The van der Waals surface area contributed by atoms with Crippen LogP contribution in [0.2, 0.25) is 0 Å². The molecule has 1 aromatic carbocycles. The molecule has 2 fully saturated rings. The largest absolute Gasteiger partial charge is 0.361 e. The molecule has 5 heteroatoms. The van der Waals surface area contributed by atoms with Gasteiger partial charge in [0, 0.05) is 43.8 Å². The average molecular weight is 328 g/mol. The van der Waals surface area contributed by atoms with Crippen molar-refractivity contribution in [1.29, 1.82) is 0 Å². The molecule has 0 atom stereocenters. The van der Waals surface area contributed by atoms with Crippen molar-refractivity contribution >= 4 is 16.9 Å². The third-order valence-electron chi connectivity index (χ3n) is 5.77. The van der Waals surface area contributed by atoms with Crippen LogP contribution >= 0.6 is 0 Å². The van der Waals surface area contributed by atoms with E-state index in [2.05, 4.69) is 20.2 Å². The zero-order valence-electron chi connectivity index (χ0n) is 14.2. The van der Waals surface area contributed by atoms with Gasteiger partial charge in [0.15, 0.2) is 5.96 Å². The Bertz CT molecular complexity index is 760. The summed E-state index contributed by atoms with van der Waals surface area (Å²) in [5.41, 5.74) is 2.66. The van der Waals surface area contributed by atoms with Crippen LogP contribution in [-0.4, -0.2) is 42.5 Å². The Morgan fingerprint density at radius 2 is 2.25 bits per heavy atom. The number of H-pyrrole nitrogens is 1. The minimum atomic E-state index is -0.201. The van der Waals surface area contributed by atoms with Crippen LogP contribution in [0.5, 0.6) is 0 Å². The summed E-state index contributed by atoms with van der Waals surface area (Å²) in [7, 11) is 1.86. The van der Waals surface area contributed by atoms with E-state index in [1.54, 1.807) is 6.07 Å². The summed E-state index contributed by atoms with van der Waals surface area (Å²) in [5.74, 6) is 0.818. The Balaban J connectivity index is 1.35. The predicted molar refractivity (Wildman–Crippen MR) is 95.8 cm³/mol. The molecule has 0 bridgehead atoms. The molecule has 2 aromatic rings. The molecule has 1 aliphatic carbocycles. The third-order valence-corrected chi connectivity index (χ3v) is 5.77. The molecule has 0 amide bonds. The lowest BCUT2D eigenvalue weighted by atomic mass is 9.68. The Kier molecular flexibility index (Phi) is 3.94. The van der Waals surface area contributed by atoms with Crippen molar-refractivity contribution in [2.45, 2.75) is 32.1 Å². The first-order valence-corrected chi connectivity index (χ1v) is 8.90. The van der Waals surface area contributed by atoms with E-state index in [0.717, 1.165) is 42.9 Å². The number of aromatic amines is 1. The van der Waals surface area contributed by atoms with Gasteiger partial charge in [-0.05, 0) is 54.9 Å². The Hall–Kier alpha value is -2.04. The summed E-state index contributed by atoms with van der Waals surface area (Å²) in [6, 6.07) is 4.92. The van der Waals surface area contributed by atoms with Crippen molar-refractivity contribution in [3.63, 3.8) is 0 Å². The second-order valence-corrected chi connectivity index (χ2v) is 7.25. The third kappa shape index (κ3) is 2.76. The molecule has 24 heavy (non-hydrogen) atoms. The smallest absolute Gasteiger partial charge is 0.193 e. The predicted octanol–water partition coefficient (Wildman–Crippen LogP) is 3.30. The van der Waals surface area contributed by atoms with Gasteiger partial charge in [0.25, 0.3) is 0 Å². The van der Waals surface area contributed by atoms with Gasteiger partial charge in [-0.3, -0.25) is 4.99 Å². The van der Waals surface area contributed by atoms with Crippen LogP contribution < -0.4 is 5.32 Å². The first kappa shape index (κ1) is 15.5. The van der Waals surface area contributed by atoms with Crippen LogP contribution in [0, 0.1) is 11.2 Å². The molecule has 1 aromatic heterocycles. The number of halogens is 1. The summed E-state index contributed by atoms with van der Waals surface area (Å²) in [5, 5.41) is 4.60. The van der Waals surface area contributed by atoms with Crippen LogP contribution in [0.15, 0.2) is 29.4 Å². The quantitative estimate of drug-likeness (QED) is 0.671. The molecular formula is C19H25FN4. The highest BCUT2D eigenvalue weighted by molar-refractivity contribution is 5.83. The SMILES string of the molecule is CN=C(NCCc1c[nH]c2cc(F)ccc12)N1CCC2(CCC2)C1. The highest BCUT2D eigenvalue weighted by atomic mass is 19.1. The van der Waals surface area contributed by atoms with E-state index >= 15 is 0 Å². The molecule has 1 aliphatic heterocycles. The number of fused-ring (bicyclic) bond motifs is 1. The minimum absolute atomic E-state index is 0.201. The van der Waals surface area contributed by atoms with E-state index in [-0.39, 0.29) is 5.82 Å². The second-order valence-electron chi connectivity index (χ2n) is 7.25. The fourth-order valence-corrected chi connectivity index (χ4v) is 4.21. The van der Waals surface area contributed by atoms with Crippen molar-refractivity contribution in [1.82, 2.24) is 15.2 Å². The lowest BCUT2D eigenvalue weighted by Crippen LogP contribution is -2.43. The Morgan fingerprint density at radius 3 is 2.96 bits per heavy atom. The van der Waals surface area contributed by atoms with Crippen LogP contribution in [0.25, 0.3) is 10.9 Å². The standard InChI is InChI=1S/C19H25FN4/c1-21-18(24-10-8-19(13-24)6-2-7-19)22-9-5-14-12-23-17-11-15(20)3-4-16(14)17/h3-4,11-12,23H,2,5-10,13H2,1H3,(H,21,22). The zero-order valence-corrected chi connectivity index (χ0v) is 14.2. The van der Waals surface area contributed by atoms with E-state index in [1.807, 2.05) is 19.3 Å². The fraction of sp³-hybridized carbons (Fsp3) is 0.526. The van der Waals surface area contributed by atoms with E-state index in [1.165, 1.54) is 37.3 Å². The normalized spacial score (nSPS) is 19.9. The van der Waals surface area contributed by atoms with Crippen molar-refractivity contribution in [2.75, 3.05) is 26.7 Å². The van der Waals surface area contributed by atoms with Gasteiger partial charge in [-0.15, -0.1) is 0 Å². The van der Waals surface area contributed by atoms with Gasteiger partial charge >= 0.3 is 0 Å². The number of aliphatic imine (C=N–C) groups is 1. The van der Waals surface area contributed by atoms with Gasteiger partial charge in [-0.2, -0.15) is 0 Å². The molecule has 2 aliphatic rings. The monoisotopic (exact) mass is 328 g/mol.